The number of allylic oxidation sites excluding steroid dienone is 3. The lowest BCUT2D eigenvalue weighted by Crippen LogP contribution is -2.43. The van der Waals surface area contributed by atoms with E-state index < -0.39 is 0 Å². The summed E-state index contributed by atoms with van der Waals surface area (Å²) in [7, 11) is 4.10. The van der Waals surface area contributed by atoms with Gasteiger partial charge in [0.1, 0.15) is 0 Å². The molecule has 3 aromatic rings. The molecule has 1 saturated heterocycles. The quantitative estimate of drug-likeness (QED) is 0.304. The highest BCUT2D eigenvalue weighted by molar-refractivity contribution is 5.79. The summed E-state index contributed by atoms with van der Waals surface area (Å²) in [5, 5.41) is 6.46. The van der Waals surface area contributed by atoms with Gasteiger partial charge in [-0.25, -0.2) is 9.97 Å². The number of piperazine rings is 1. The maximum Gasteiger partial charge on any atom is 0.227 e. The van der Waals surface area contributed by atoms with Crippen LogP contribution in [0.2, 0.25) is 0 Å². The first-order valence-corrected chi connectivity index (χ1v) is 15.3. The molecule has 0 atom stereocenters. The van der Waals surface area contributed by atoms with Crippen LogP contribution in [-0.2, 0) is 6.54 Å². The third-order valence-corrected chi connectivity index (χ3v) is 7.43. The molecule has 43 heavy (non-hydrogen) atoms. The number of likely N-dealkylation sites (N-methyl/N-ethyl adjacent to an activating group) is 1. The van der Waals surface area contributed by atoms with Crippen molar-refractivity contribution in [3.05, 3.63) is 101 Å². The summed E-state index contributed by atoms with van der Waals surface area (Å²) in [5.74, 6) is 0.590. The van der Waals surface area contributed by atoms with Crippen molar-refractivity contribution < 1.29 is 0 Å². The zero-order valence-corrected chi connectivity index (χ0v) is 26.9. The number of anilines is 3. The molecular formula is C36H49N7. The van der Waals surface area contributed by atoms with Crippen molar-refractivity contribution in [1.82, 2.24) is 19.8 Å². The Balaban J connectivity index is 0.000000235. The first-order chi connectivity index (χ1) is 20.9. The first-order valence-electron chi connectivity index (χ1n) is 15.3. The van der Waals surface area contributed by atoms with Crippen molar-refractivity contribution in [1.29, 1.82) is 0 Å². The van der Waals surface area contributed by atoms with Gasteiger partial charge in [0.25, 0.3) is 0 Å². The largest absolute Gasteiger partial charge is 0.388 e. The van der Waals surface area contributed by atoms with Gasteiger partial charge in [0.15, 0.2) is 0 Å². The van der Waals surface area contributed by atoms with Crippen LogP contribution in [0.1, 0.15) is 48.2 Å². The molecule has 2 aliphatic heterocycles. The van der Waals surface area contributed by atoms with Crippen LogP contribution in [0.3, 0.4) is 0 Å². The maximum atomic E-state index is 4.65. The van der Waals surface area contributed by atoms with E-state index in [1.165, 1.54) is 42.9 Å². The fourth-order valence-corrected chi connectivity index (χ4v) is 4.70. The molecular weight excluding hydrogens is 530 g/mol. The average molecular weight is 580 g/mol. The normalized spacial score (nSPS) is 16.3. The van der Waals surface area contributed by atoms with Gasteiger partial charge in [-0.1, -0.05) is 69.0 Å². The molecule has 1 aromatic heterocycles. The second kappa shape index (κ2) is 17.8. The molecule has 1 fully saturated rings. The van der Waals surface area contributed by atoms with Crippen LogP contribution in [0.15, 0.2) is 78.5 Å². The Morgan fingerprint density at radius 3 is 2.49 bits per heavy atom. The topological polar surface area (TPSA) is 68.7 Å². The number of hydrogen-bond acceptors (Lipinski definition) is 7. The van der Waals surface area contributed by atoms with Gasteiger partial charge in [0.2, 0.25) is 5.95 Å². The minimum Gasteiger partial charge on any atom is -0.388 e. The Hall–Kier alpha value is -4.07. The lowest BCUT2D eigenvalue weighted by Gasteiger charge is -2.32. The summed E-state index contributed by atoms with van der Waals surface area (Å²) in [6.07, 6.45) is 12.5. The lowest BCUT2D eigenvalue weighted by molar-refractivity contribution is 0.148. The van der Waals surface area contributed by atoms with Gasteiger partial charge in [-0.05, 0) is 66.9 Å². The van der Waals surface area contributed by atoms with E-state index in [1.807, 2.05) is 57.5 Å². The molecule has 2 aromatic carbocycles. The van der Waals surface area contributed by atoms with E-state index in [0.29, 0.717) is 5.95 Å². The molecule has 0 bridgehead atoms. The number of nitrogens with zero attached hydrogens (tertiary/aromatic N) is 5. The van der Waals surface area contributed by atoms with Crippen LogP contribution < -0.4 is 10.6 Å². The third kappa shape index (κ3) is 10.6. The van der Waals surface area contributed by atoms with Crippen LogP contribution >= 0.6 is 0 Å². The number of benzene rings is 2. The average Bonchev–Trinajstić information content (AvgIpc) is 3.01. The fourth-order valence-electron chi connectivity index (χ4n) is 4.70. The molecule has 0 radical (unpaired) electrons. The van der Waals surface area contributed by atoms with Gasteiger partial charge >= 0.3 is 0 Å². The molecule has 2 aliphatic rings. The van der Waals surface area contributed by atoms with E-state index >= 15 is 0 Å². The van der Waals surface area contributed by atoms with Crippen molar-refractivity contribution in [3.8, 4) is 0 Å². The molecule has 0 unspecified atom stereocenters. The van der Waals surface area contributed by atoms with Gasteiger partial charge in [-0.2, -0.15) is 0 Å². The molecule has 7 heteroatoms. The zero-order valence-electron chi connectivity index (χ0n) is 26.9. The second-order valence-electron chi connectivity index (χ2n) is 10.5. The molecule has 3 heterocycles. The van der Waals surface area contributed by atoms with E-state index in [0.717, 1.165) is 47.7 Å². The van der Waals surface area contributed by atoms with Crippen LogP contribution in [0.25, 0.3) is 11.6 Å². The predicted octanol–water partition coefficient (Wildman–Crippen LogP) is 7.40. The number of rotatable bonds is 7. The highest BCUT2D eigenvalue weighted by Gasteiger charge is 2.14. The number of hydrogen-bond donors (Lipinski definition) is 2. The smallest absolute Gasteiger partial charge is 0.227 e. The van der Waals surface area contributed by atoms with E-state index in [2.05, 4.69) is 99.3 Å². The lowest BCUT2D eigenvalue weighted by atomic mass is 10.0. The van der Waals surface area contributed by atoms with E-state index in [4.69, 9.17) is 0 Å². The Morgan fingerprint density at radius 2 is 1.77 bits per heavy atom. The summed E-state index contributed by atoms with van der Waals surface area (Å²) in [4.78, 5) is 18.2. The molecule has 2 N–H and O–H groups in total. The van der Waals surface area contributed by atoms with Gasteiger partial charge in [-0.3, -0.25) is 9.89 Å². The van der Waals surface area contributed by atoms with Crippen molar-refractivity contribution in [2.75, 3.05) is 57.5 Å². The Bertz CT molecular complexity index is 1400. The standard InChI is InChI=1S/C19H21N5.C15H22N2.C2H6/c1-14-6-7-16(20-2)13-18(14)24-19-22-12-9-17(23-19)15-5-3-4-10-21-11-8-15;1-4-14-5-6-15(13(2)11-14)12-17-9-7-16(3)8-10-17;1-2/h3-7,9,11-13,20H,8,10H2,1-2H3,(H,22,23,24);4-6,11H,1,7-10,12H2,2-3H3;1-2H3/b4-3?,15-5+,21-11?;;. The van der Waals surface area contributed by atoms with Crippen LogP contribution in [-0.4, -0.2) is 72.8 Å². The Kier molecular flexibility index (Phi) is 13.8. The monoisotopic (exact) mass is 579 g/mol. The number of aliphatic imine (C=N–C) groups is 1. The molecule has 7 nitrogen and oxygen atoms in total. The van der Waals surface area contributed by atoms with Gasteiger partial charge in [-0.15, -0.1) is 0 Å². The minimum atomic E-state index is 0.590. The summed E-state index contributed by atoms with van der Waals surface area (Å²) < 4.78 is 0. The number of aromatic nitrogens is 2. The van der Waals surface area contributed by atoms with Gasteiger partial charge in [0.05, 0.1) is 12.2 Å². The van der Waals surface area contributed by atoms with Crippen LogP contribution in [0.4, 0.5) is 17.3 Å². The van der Waals surface area contributed by atoms with Crippen LogP contribution in [0, 0.1) is 13.8 Å². The molecule has 0 spiro atoms. The molecule has 0 saturated carbocycles. The molecule has 228 valence electrons. The zero-order chi connectivity index (χ0) is 31.0. The molecule has 0 amide bonds. The third-order valence-electron chi connectivity index (χ3n) is 7.43. The van der Waals surface area contributed by atoms with E-state index in [9.17, 15) is 0 Å². The number of nitrogens with one attached hydrogen (secondary N) is 2. The highest BCUT2D eigenvalue weighted by atomic mass is 15.2. The Labute approximate surface area is 259 Å². The Morgan fingerprint density at radius 1 is 0.977 bits per heavy atom. The van der Waals surface area contributed by atoms with E-state index in [-0.39, 0.29) is 0 Å². The summed E-state index contributed by atoms with van der Waals surface area (Å²) in [5.41, 5.74) is 9.25. The van der Waals surface area contributed by atoms with Gasteiger partial charge < -0.3 is 15.5 Å². The SMILES string of the molecule is C=Cc1ccc(CN2CCN(C)CC2)c(C)c1.CC.CNc1ccc(C)c(Nc2nccc(/C3=C/C=CCN=CC3)n2)c1. The molecule has 0 aliphatic carbocycles. The predicted molar refractivity (Wildman–Crippen MR) is 187 cm³/mol. The van der Waals surface area contributed by atoms with Gasteiger partial charge in [0, 0.05) is 70.0 Å². The van der Waals surface area contributed by atoms with Crippen molar-refractivity contribution in [2.45, 2.75) is 40.7 Å². The summed E-state index contributed by atoms with van der Waals surface area (Å²) in [6, 6.07) is 14.7. The number of aryl methyl sites for hydroxylation is 2. The summed E-state index contributed by atoms with van der Waals surface area (Å²) >= 11 is 0. The van der Waals surface area contributed by atoms with Crippen LogP contribution in [0.5, 0.6) is 0 Å². The van der Waals surface area contributed by atoms with Crippen molar-refractivity contribution in [3.63, 3.8) is 0 Å². The fraction of sp³-hybridized carbons (Fsp3) is 0.361. The van der Waals surface area contributed by atoms with Crippen molar-refractivity contribution >= 4 is 35.2 Å². The molecule has 5 rings (SSSR count). The van der Waals surface area contributed by atoms with E-state index in [1.54, 1.807) is 6.20 Å². The highest BCUT2D eigenvalue weighted by Crippen LogP contribution is 2.24. The second-order valence-corrected chi connectivity index (χ2v) is 10.5. The minimum absolute atomic E-state index is 0.590. The maximum absolute atomic E-state index is 4.65. The summed E-state index contributed by atoms with van der Waals surface area (Å²) in [6.45, 7) is 18.6. The first kappa shape index (κ1) is 33.4. The van der Waals surface area contributed by atoms with Crippen molar-refractivity contribution in [2.24, 2.45) is 4.99 Å².